The molecule has 0 aromatic carbocycles. The molecule has 126 valence electrons. The van der Waals surface area contributed by atoms with Gasteiger partial charge in [0, 0.05) is 37.3 Å². The van der Waals surface area contributed by atoms with Crippen molar-refractivity contribution < 1.29 is 4.79 Å². The number of rotatable bonds is 5. The van der Waals surface area contributed by atoms with Crippen LogP contribution in [0.15, 0.2) is 18.7 Å². The van der Waals surface area contributed by atoms with Crippen LogP contribution in [0.1, 0.15) is 49.2 Å². The van der Waals surface area contributed by atoms with Crippen molar-refractivity contribution in [3.8, 4) is 0 Å². The Morgan fingerprint density at radius 1 is 1.25 bits per heavy atom. The highest BCUT2D eigenvalue weighted by Crippen LogP contribution is 2.47. The fourth-order valence-electron chi connectivity index (χ4n) is 3.94. The second-order valence-corrected chi connectivity index (χ2v) is 7.49. The van der Waals surface area contributed by atoms with Gasteiger partial charge >= 0.3 is 0 Å². The second kappa shape index (κ2) is 5.43. The molecule has 3 heterocycles. The molecule has 0 radical (unpaired) electrons. The molecular weight excluding hydrogens is 304 g/mol. The van der Waals surface area contributed by atoms with Crippen LogP contribution in [0.3, 0.4) is 0 Å². The predicted octanol–water partition coefficient (Wildman–Crippen LogP) is 1.53. The zero-order valence-electron chi connectivity index (χ0n) is 13.6. The zero-order chi connectivity index (χ0) is 16.1. The SMILES string of the molecule is O=C(Cn1ccnc1)N1C[C@H](c2nc(C3CC3)n[nH]2)[C@@H](C2CC2)C1. The lowest BCUT2D eigenvalue weighted by molar-refractivity contribution is -0.131. The van der Waals surface area contributed by atoms with Crippen LogP contribution in [0, 0.1) is 11.8 Å². The number of hydrogen-bond acceptors (Lipinski definition) is 4. The van der Waals surface area contributed by atoms with E-state index in [1.54, 1.807) is 12.5 Å². The van der Waals surface area contributed by atoms with Crippen LogP contribution in [0.4, 0.5) is 0 Å². The van der Waals surface area contributed by atoms with Gasteiger partial charge in [0.15, 0.2) is 5.82 Å². The number of aromatic amines is 1. The largest absolute Gasteiger partial charge is 0.340 e. The summed E-state index contributed by atoms with van der Waals surface area (Å²) in [5.41, 5.74) is 0. The minimum Gasteiger partial charge on any atom is -0.340 e. The maximum Gasteiger partial charge on any atom is 0.242 e. The number of likely N-dealkylation sites (tertiary alicyclic amines) is 1. The van der Waals surface area contributed by atoms with Crippen molar-refractivity contribution in [1.29, 1.82) is 0 Å². The molecule has 0 spiro atoms. The number of aromatic nitrogens is 5. The van der Waals surface area contributed by atoms with Crippen molar-refractivity contribution in [2.24, 2.45) is 11.8 Å². The average Bonchev–Trinajstić information content (AvgIpc) is 3.46. The first-order valence-corrected chi connectivity index (χ1v) is 8.93. The normalized spacial score (nSPS) is 26.9. The van der Waals surface area contributed by atoms with Crippen LogP contribution in [0.2, 0.25) is 0 Å². The summed E-state index contributed by atoms with van der Waals surface area (Å²) in [7, 11) is 0. The standard InChI is InChI=1S/C17H22N6O/c24-15(9-22-6-5-18-10-22)23-7-13(11-1-2-11)14(8-23)17-19-16(20-21-17)12-3-4-12/h5-6,10-14H,1-4,7-9H2,(H,19,20,21)/t13-,14+/m1/s1. The molecule has 0 unspecified atom stereocenters. The number of carbonyl (C=O) groups excluding carboxylic acids is 1. The molecule has 3 fully saturated rings. The summed E-state index contributed by atoms with van der Waals surface area (Å²) < 4.78 is 1.83. The fraction of sp³-hybridized carbons (Fsp3) is 0.647. The number of H-pyrrole nitrogens is 1. The van der Waals surface area contributed by atoms with Gasteiger partial charge in [-0.25, -0.2) is 9.97 Å². The zero-order valence-corrected chi connectivity index (χ0v) is 13.6. The lowest BCUT2D eigenvalue weighted by Crippen LogP contribution is -2.32. The Morgan fingerprint density at radius 3 is 2.83 bits per heavy atom. The van der Waals surface area contributed by atoms with Gasteiger partial charge in [0.2, 0.25) is 5.91 Å². The average molecular weight is 326 g/mol. The van der Waals surface area contributed by atoms with Crippen LogP contribution < -0.4 is 0 Å². The maximum atomic E-state index is 12.6. The minimum atomic E-state index is 0.170. The Balaban J connectivity index is 1.33. The van der Waals surface area contributed by atoms with E-state index in [-0.39, 0.29) is 5.91 Å². The molecule has 0 bridgehead atoms. The van der Waals surface area contributed by atoms with Gasteiger partial charge in [0.25, 0.3) is 0 Å². The first-order valence-electron chi connectivity index (χ1n) is 8.93. The van der Waals surface area contributed by atoms with E-state index in [9.17, 15) is 4.79 Å². The van der Waals surface area contributed by atoms with Crippen molar-refractivity contribution in [3.05, 3.63) is 30.4 Å². The van der Waals surface area contributed by atoms with Gasteiger partial charge in [-0.2, -0.15) is 5.10 Å². The van der Waals surface area contributed by atoms with E-state index in [1.165, 1.54) is 25.7 Å². The number of imidazole rings is 1. The Bertz CT molecular complexity index is 730. The van der Waals surface area contributed by atoms with Gasteiger partial charge in [-0.1, -0.05) is 0 Å². The molecule has 24 heavy (non-hydrogen) atoms. The first kappa shape index (κ1) is 14.2. The molecule has 2 saturated carbocycles. The van der Waals surface area contributed by atoms with Crippen LogP contribution in [-0.4, -0.2) is 48.6 Å². The third-order valence-electron chi connectivity index (χ3n) is 5.64. The van der Waals surface area contributed by atoms with Gasteiger partial charge in [0.1, 0.15) is 12.4 Å². The van der Waals surface area contributed by atoms with Gasteiger partial charge < -0.3 is 9.47 Å². The molecule has 1 aliphatic heterocycles. The van der Waals surface area contributed by atoms with Crippen molar-refractivity contribution in [2.75, 3.05) is 13.1 Å². The van der Waals surface area contributed by atoms with E-state index < -0.39 is 0 Å². The lowest BCUT2D eigenvalue weighted by atomic mass is 9.91. The second-order valence-electron chi connectivity index (χ2n) is 7.49. The number of nitrogens with zero attached hydrogens (tertiary/aromatic N) is 5. The monoisotopic (exact) mass is 326 g/mol. The summed E-state index contributed by atoms with van der Waals surface area (Å²) in [5, 5.41) is 7.59. The first-order chi connectivity index (χ1) is 11.8. The Kier molecular flexibility index (Phi) is 3.21. The van der Waals surface area contributed by atoms with E-state index >= 15 is 0 Å². The third kappa shape index (κ3) is 2.61. The molecule has 7 nitrogen and oxygen atoms in total. The summed E-state index contributed by atoms with van der Waals surface area (Å²) in [4.78, 5) is 23.4. The minimum absolute atomic E-state index is 0.170. The fourth-order valence-corrected chi connectivity index (χ4v) is 3.94. The molecule has 1 amide bonds. The van der Waals surface area contributed by atoms with E-state index in [1.807, 2.05) is 15.7 Å². The van der Waals surface area contributed by atoms with E-state index in [0.717, 1.165) is 30.7 Å². The Hall–Kier alpha value is -2.18. The number of amides is 1. The summed E-state index contributed by atoms with van der Waals surface area (Å²) in [6, 6.07) is 0. The number of hydrogen-bond donors (Lipinski definition) is 1. The molecule has 2 aromatic heterocycles. The third-order valence-corrected chi connectivity index (χ3v) is 5.64. The maximum absolute atomic E-state index is 12.6. The quantitative estimate of drug-likeness (QED) is 0.903. The van der Waals surface area contributed by atoms with Crippen LogP contribution >= 0.6 is 0 Å². The molecule has 3 aliphatic rings. The molecule has 7 heteroatoms. The molecule has 2 atom stereocenters. The van der Waals surface area contributed by atoms with Gasteiger partial charge in [0.05, 0.1) is 6.33 Å². The Labute approximate surface area is 140 Å². The van der Waals surface area contributed by atoms with Gasteiger partial charge in [-0.3, -0.25) is 9.89 Å². The summed E-state index contributed by atoms with van der Waals surface area (Å²) in [5.74, 6) is 4.28. The van der Waals surface area contributed by atoms with Crippen molar-refractivity contribution >= 4 is 5.91 Å². The predicted molar refractivity (Wildman–Crippen MR) is 86.1 cm³/mol. The molecule has 1 saturated heterocycles. The summed E-state index contributed by atoms with van der Waals surface area (Å²) in [6.45, 7) is 1.98. The topological polar surface area (TPSA) is 79.7 Å². The van der Waals surface area contributed by atoms with Crippen LogP contribution in [0.5, 0.6) is 0 Å². The van der Waals surface area contributed by atoms with E-state index in [0.29, 0.717) is 24.3 Å². The molecule has 1 N–H and O–H groups in total. The highest BCUT2D eigenvalue weighted by molar-refractivity contribution is 5.76. The van der Waals surface area contributed by atoms with Crippen molar-refractivity contribution in [2.45, 2.75) is 44.1 Å². The molecule has 2 aromatic rings. The highest BCUT2D eigenvalue weighted by Gasteiger charge is 2.45. The van der Waals surface area contributed by atoms with Crippen LogP contribution in [-0.2, 0) is 11.3 Å². The highest BCUT2D eigenvalue weighted by atomic mass is 16.2. The number of nitrogens with one attached hydrogen (secondary N) is 1. The van der Waals surface area contributed by atoms with E-state index in [2.05, 4.69) is 15.2 Å². The number of carbonyl (C=O) groups is 1. The van der Waals surface area contributed by atoms with Crippen molar-refractivity contribution in [1.82, 2.24) is 29.6 Å². The Morgan fingerprint density at radius 2 is 2.12 bits per heavy atom. The van der Waals surface area contributed by atoms with Crippen LogP contribution in [0.25, 0.3) is 0 Å². The summed E-state index contributed by atoms with van der Waals surface area (Å²) in [6.07, 6.45) is 10.2. The van der Waals surface area contributed by atoms with E-state index in [4.69, 9.17) is 4.98 Å². The molecule has 5 rings (SSSR count). The van der Waals surface area contributed by atoms with Crippen molar-refractivity contribution in [3.63, 3.8) is 0 Å². The van der Waals surface area contributed by atoms with Gasteiger partial charge in [-0.15, -0.1) is 0 Å². The van der Waals surface area contributed by atoms with Gasteiger partial charge in [-0.05, 0) is 37.5 Å². The summed E-state index contributed by atoms with van der Waals surface area (Å²) >= 11 is 0. The molecular formula is C17H22N6O. The smallest absolute Gasteiger partial charge is 0.242 e. The lowest BCUT2D eigenvalue weighted by Gasteiger charge is -2.16. The molecule has 2 aliphatic carbocycles.